The highest BCUT2D eigenvalue weighted by atomic mass is 19.1. The van der Waals surface area contributed by atoms with Crippen molar-refractivity contribution in [3.63, 3.8) is 0 Å². The van der Waals surface area contributed by atoms with Crippen molar-refractivity contribution < 1.29 is 19.0 Å². The zero-order valence-electron chi connectivity index (χ0n) is 11.1. The van der Waals surface area contributed by atoms with Crippen LogP contribution in [0, 0.1) is 12.7 Å². The molecule has 0 aliphatic rings. The molecule has 2 aromatic rings. The van der Waals surface area contributed by atoms with E-state index in [2.05, 4.69) is 0 Å². The van der Waals surface area contributed by atoms with Crippen molar-refractivity contribution in [1.82, 2.24) is 0 Å². The van der Waals surface area contributed by atoms with Crippen molar-refractivity contribution in [1.29, 1.82) is 0 Å². The molecule has 3 nitrogen and oxygen atoms in total. The maximum absolute atomic E-state index is 13.2. The summed E-state index contributed by atoms with van der Waals surface area (Å²) in [6, 6.07) is 11.5. The number of hydrogen-bond donors (Lipinski definition) is 1. The number of carboxylic acid groups (broad SMARTS) is 1. The van der Waals surface area contributed by atoms with Gasteiger partial charge in [-0.3, -0.25) is 4.79 Å². The van der Waals surface area contributed by atoms with E-state index in [1.807, 2.05) is 19.1 Å². The summed E-state index contributed by atoms with van der Waals surface area (Å²) in [6.07, 6.45) is -0.0539. The highest BCUT2D eigenvalue weighted by Gasteiger charge is 2.08. The van der Waals surface area contributed by atoms with Crippen molar-refractivity contribution in [3.05, 3.63) is 65.0 Å². The Kier molecular flexibility index (Phi) is 4.35. The molecule has 20 heavy (non-hydrogen) atoms. The van der Waals surface area contributed by atoms with Crippen molar-refractivity contribution in [2.45, 2.75) is 20.0 Å². The quantitative estimate of drug-likeness (QED) is 0.909. The maximum atomic E-state index is 13.2. The first-order valence-corrected chi connectivity index (χ1v) is 6.24. The van der Waals surface area contributed by atoms with Crippen LogP contribution >= 0.6 is 0 Å². The molecule has 0 heterocycles. The number of rotatable bonds is 5. The Balaban J connectivity index is 2.14. The number of benzene rings is 2. The zero-order valence-corrected chi connectivity index (χ0v) is 11.1. The summed E-state index contributed by atoms with van der Waals surface area (Å²) in [5.74, 6) is -0.779. The smallest absolute Gasteiger partial charge is 0.307 e. The first kappa shape index (κ1) is 14.1. The number of ether oxygens (including phenoxy) is 1. The number of aryl methyl sites for hydroxylation is 1. The molecular formula is C16H15FO3. The second-order valence-electron chi connectivity index (χ2n) is 4.54. The minimum absolute atomic E-state index is 0.0539. The SMILES string of the molecule is Cc1ccc(F)cc1OCc1ccccc1CC(=O)O. The first-order chi connectivity index (χ1) is 9.56. The van der Waals surface area contributed by atoms with E-state index in [-0.39, 0.29) is 18.8 Å². The Morgan fingerprint density at radius 2 is 1.90 bits per heavy atom. The third kappa shape index (κ3) is 3.57. The molecular weight excluding hydrogens is 259 g/mol. The zero-order chi connectivity index (χ0) is 14.5. The Hall–Kier alpha value is -2.36. The summed E-state index contributed by atoms with van der Waals surface area (Å²) in [6.45, 7) is 2.05. The largest absolute Gasteiger partial charge is 0.489 e. The number of halogens is 1. The topological polar surface area (TPSA) is 46.5 Å². The van der Waals surface area contributed by atoms with E-state index in [0.717, 1.165) is 11.1 Å². The highest BCUT2D eigenvalue weighted by Crippen LogP contribution is 2.21. The molecule has 104 valence electrons. The van der Waals surface area contributed by atoms with E-state index >= 15 is 0 Å². The van der Waals surface area contributed by atoms with Crippen LogP contribution in [0.5, 0.6) is 5.75 Å². The second-order valence-corrected chi connectivity index (χ2v) is 4.54. The van der Waals surface area contributed by atoms with Crippen molar-refractivity contribution >= 4 is 5.97 Å². The van der Waals surface area contributed by atoms with Crippen LogP contribution in [-0.2, 0) is 17.8 Å². The van der Waals surface area contributed by atoms with Gasteiger partial charge in [-0.05, 0) is 29.7 Å². The molecule has 0 saturated heterocycles. The minimum Gasteiger partial charge on any atom is -0.489 e. The van der Waals surface area contributed by atoms with Crippen LogP contribution in [0.25, 0.3) is 0 Å². The molecule has 2 aromatic carbocycles. The number of hydrogen-bond acceptors (Lipinski definition) is 2. The van der Waals surface area contributed by atoms with Gasteiger partial charge < -0.3 is 9.84 Å². The standard InChI is InChI=1S/C16H15FO3/c1-11-6-7-14(17)9-15(11)20-10-13-5-3-2-4-12(13)8-16(18)19/h2-7,9H,8,10H2,1H3,(H,18,19). The fraction of sp³-hybridized carbons (Fsp3) is 0.188. The maximum Gasteiger partial charge on any atom is 0.307 e. The predicted octanol–water partition coefficient (Wildman–Crippen LogP) is 3.34. The van der Waals surface area contributed by atoms with E-state index in [1.165, 1.54) is 12.1 Å². The Labute approximate surface area is 116 Å². The summed E-state index contributed by atoms with van der Waals surface area (Å²) in [5, 5.41) is 8.87. The van der Waals surface area contributed by atoms with Crippen molar-refractivity contribution in [2.24, 2.45) is 0 Å². The lowest BCUT2D eigenvalue weighted by Crippen LogP contribution is -2.06. The van der Waals surface area contributed by atoms with E-state index in [4.69, 9.17) is 9.84 Å². The van der Waals surface area contributed by atoms with Crippen LogP contribution in [0.2, 0.25) is 0 Å². The summed E-state index contributed by atoms with van der Waals surface area (Å²) in [5.41, 5.74) is 2.33. The van der Waals surface area contributed by atoms with E-state index in [0.29, 0.717) is 11.3 Å². The van der Waals surface area contributed by atoms with Crippen LogP contribution in [-0.4, -0.2) is 11.1 Å². The predicted molar refractivity (Wildman–Crippen MR) is 73.3 cm³/mol. The molecule has 0 radical (unpaired) electrons. The Morgan fingerprint density at radius 1 is 1.20 bits per heavy atom. The van der Waals surface area contributed by atoms with E-state index < -0.39 is 5.97 Å². The molecule has 0 aliphatic heterocycles. The number of carbonyl (C=O) groups is 1. The average Bonchev–Trinajstić information content (AvgIpc) is 2.41. The summed E-state index contributed by atoms with van der Waals surface area (Å²) in [4.78, 5) is 10.8. The molecule has 0 fully saturated rings. The van der Waals surface area contributed by atoms with Gasteiger partial charge in [-0.1, -0.05) is 30.3 Å². The lowest BCUT2D eigenvalue weighted by atomic mass is 10.1. The fourth-order valence-electron chi connectivity index (χ4n) is 1.92. The van der Waals surface area contributed by atoms with Gasteiger partial charge in [0.2, 0.25) is 0 Å². The highest BCUT2D eigenvalue weighted by molar-refractivity contribution is 5.70. The summed E-state index contributed by atoms with van der Waals surface area (Å²) < 4.78 is 18.8. The minimum atomic E-state index is -0.889. The van der Waals surface area contributed by atoms with Gasteiger partial charge in [-0.25, -0.2) is 4.39 Å². The van der Waals surface area contributed by atoms with Gasteiger partial charge >= 0.3 is 5.97 Å². The van der Waals surface area contributed by atoms with Gasteiger partial charge in [0.15, 0.2) is 0 Å². The molecule has 0 unspecified atom stereocenters. The van der Waals surface area contributed by atoms with E-state index in [1.54, 1.807) is 18.2 Å². The average molecular weight is 274 g/mol. The third-order valence-corrected chi connectivity index (χ3v) is 2.99. The first-order valence-electron chi connectivity index (χ1n) is 6.24. The monoisotopic (exact) mass is 274 g/mol. The molecule has 0 aromatic heterocycles. The molecule has 0 amide bonds. The molecule has 0 aliphatic carbocycles. The van der Waals surface area contributed by atoms with Crippen LogP contribution in [0.4, 0.5) is 4.39 Å². The fourth-order valence-corrected chi connectivity index (χ4v) is 1.92. The molecule has 2 rings (SSSR count). The van der Waals surface area contributed by atoms with Crippen LogP contribution in [0.1, 0.15) is 16.7 Å². The number of carboxylic acids is 1. The van der Waals surface area contributed by atoms with Crippen molar-refractivity contribution in [3.8, 4) is 5.75 Å². The van der Waals surface area contributed by atoms with Gasteiger partial charge in [0.05, 0.1) is 6.42 Å². The molecule has 0 saturated carbocycles. The molecule has 0 atom stereocenters. The molecule has 4 heteroatoms. The lowest BCUT2D eigenvalue weighted by molar-refractivity contribution is -0.136. The van der Waals surface area contributed by atoms with Gasteiger partial charge in [0.25, 0.3) is 0 Å². The molecule has 0 bridgehead atoms. The van der Waals surface area contributed by atoms with Gasteiger partial charge in [-0.15, -0.1) is 0 Å². The van der Waals surface area contributed by atoms with Crippen LogP contribution < -0.4 is 4.74 Å². The van der Waals surface area contributed by atoms with Gasteiger partial charge in [0, 0.05) is 6.07 Å². The summed E-state index contributed by atoms with van der Waals surface area (Å²) in [7, 11) is 0. The van der Waals surface area contributed by atoms with E-state index in [9.17, 15) is 9.18 Å². The van der Waals surface area contributed by atoms with Crippen molar-refractivity contribution in [2.75, 3.05) is 0 Å². The molecule has 0 spiro atoms. The lowest BCUT2D eigenvalue weighted by Gasteiger charge is -2.11. The second kappa shape index (κ2) is 6.19. The third-order valence-electron chi connectivity index (χ3n) is 2.99. The number of aliphatic carboxylic acids is 1. The van der Waals surface area contributed by atoms with Crippen LogP contribution in [0.3, 0.4) is 0 Å². The Bertz CT molecular complexity index is 623. The van der Waals surface area contributed by atoms with Gasteiger partial charge in [0.1, 0.15) is 18.2 Å². The van der Waals surface area contributed by atoms with Crippen LogP contribution in [0.15, 0.2) is 42.5 Å². The molecule has 1 N–H and O–H groups in total. The summed E-state index contributed by atoms with van der Waals surface area (Å²) >= 11 is 0. The Morgan fingerprint density at radius 3 is 2.60 bits per heavy atom. The van der Waals surface area contributed by atoms with Gasteiger partial charge in [-0.2, -0.15) is 0 Å². The normalized spacial score (nSPS) is 10.3.